The zero-order valence-corrected chi connectivity index (χ0v) is 9.77. The Hall–Kier alpha value is -1.96. The summed E-state index contributed by atoms with van der Waals surface area (Å²) in [5, 5.41) is 0. The standard InChI is InChI=1S/C14H16N2/c1-5-12(6-2)14(15-7-3)13-11(4)9-8-10-16-13/h5-10H,1,3H2,2,4H3/b12-6-,15-14?. The van der Waals surface area contributed by atoms with Crippen molar-refractivity contribution in [2.75, 3.05) is 0 Å². The van der Waals surface area contributed by atoms with E-state index in [1.807, 2.05) is 32.1 Å². The number of aryl methyl sites for hydroxylation is 1. The molecule has 0 saturated carbocycles. The van der Waals surface area contributed by atoms with Crippen LogP contribution >= 0.6 is 0 Å². The average Bonchev–Trinajstić information content (AvgIpc) is 2.30. The van der Waals surface area contributed by atoms with Crippen LogP contribution in [0.3, 0.4) is 0 Å². The molecule has 0 aromatic carbocycles. The van der Waals surface area contributed by atoms with E-state index < -0.39 is 0 Å². The molecule has 0 aliphatic heterocycles. The van der Waals surface area contributed by atoms with Gasteiger partial charge >= 0.3 is 0 Å². The van der Waals surface area contributed by atoms with Crippen LogP contribution in [0.15, 0.2) is 60.4 Å². The number of nitrogens with zero attached hydrogens (tertiary/aromatic N) is 2. The molecular formula is C14H16N2. The largest absolute Gasteiger partial charge is 0.255 e. The fourth-order valence-electron chi connectivity index (χ4n) is 1.45. The van der Waals surface area contributed by atoms with Crippen molar-refractivity contribution in [3.05, 3.63) is 66.7 Å². The quantitative estimate of drug-likeness (QED) is 0.554. The Morgan fingerprint density at radius 3 is 2.69 bits per heavy atom. The zero-order chi connectivity index (χ0) is 12.0. The Kier molecular flexibility index (Phi) is 4.40. The van der Waals surface area contributed by atoms with Gasteiger partial charge in [0.15, 0.2) is 0 Å². The van der Waals surface area contributed by atoms with Gasteiger partial charge in [-0.25, -0.2) is 0 Å². The monoisotopic (exact) mass is 212 g/mol. The Balaban J connectivity index is 3.35. The van der Waals surface area contributed by atoms with E-state index in [1.165, 1.54) is 6.20 Å². The minimum absolute atomic E-state index is 0.811. The molecule has 0 fully saturated rings. The van der Waals surface area contributed by atoms with Gasteiger partial charge in [-0.1, -0.05) is 31.4 Å². The van der Waals surface area contributed by atoms with Crippen molar-refractivity contribution in [1.82, 2.24) is 4.98 Å². The predicted octanol–water partition coefficient (Wildman–Crippen LogP) is 3.45. The summed E-state index contributed by atoms with van der Waals surface area (Å²) in [6.07, 6.45) is 7.02. The lowest BCUT2D eigenvalue weighted by molar-refractivity contribution is 1.23. The molecule has 0 amide bonds. The van der Waals surface area contributed by atoms with Crippen LogP contribution in [-0.4, -0.2) is 10.7 Å². The van der Waals surface area contributed by atoms with Crippen LogP contribution in [-0.2, 0) is 0 Å². The first-order valence-corrected chi connectivity index (χ1v) is 5.14. The van der Waals surface area contributed by atoms with Crippen molar-refractivity contribution in [3.8, 4) is 0 Å². The van der Waals surface area contributed by atoms with Crippen LogP contribution < -0.4 is 0 Å². The molecular weight excluding hydrogens is 196 g/mol. The lowest BCUT2D eigenvalue weighted by Gasteiger charge is -2.08. The van der Waals surface area contributed by atoms with E-state index in [2.05, 4.69) is 23.1 Å². The number of hydrogen-bond acceptors (Lipinski definition) is 2. The molecule has 2 nitrogen and oxygen atoms in total. The summed E-state index contributed by atoms with van der Waals surface area (Å²) in [6.45, 7) is 11.4. The second-order valence-electron chi connectivity index (χ2n) is 3.28. The topological polar surface area (TPSA) is 25.2 Å². The van der Waals surface area contributed by atoms with Crippen LogP contribution in [0.4, 0.5) is 0 Å². The van der Waals surface area contributed by atoms with Crippen molar-refractivity contribution >= 4 is 5.71 Å². The van der Waals surface area contributed by atoms with E-state index >= 15 is 0 Å². The van der Waals surface area contributed by atoms with Crippen molar-refractivity contribution in [1.29, 1.82) is 0 Å². The highest BCUT2D eigenvalue weighted by Gasteiger charge is 2.09. The number of pyridine rings is 1. The molecule has 82 valence electrons. The molecule has 0 bridgehead atoms. The molecule has 0 atom stereocenters. The van der Waals surface area contributed by atoms with E-state index in [-0.39, 0.29) is 0 Å². The minimum atomic E-state index is 0.811. The van der Waals surface area contributed by atoms with Gasteiger partial charge in [0, 0.05) is 12.4 Å². The fraction of sp³-hybridized carbons (Fsp3) is 0.143. The molecule has 0 aliphatic rings. The molecule has 1 aromatic rings. The lowest BCUT2D eigenvalue weighted by atomic mass is 10.0. The smallest absolute Gasteiger partial charge is 0.0957 e. The van der Waals surface area contributed by atoms with Crippen LogP contribution in [0.1, 0.15) is 18.2 Å². The molecule has 0 aliphatic carbocycles. The summed E-state index contributed by atoms with van der Waals surface area (Å²) in [4.78, 5) is 8.62. The summed E-state index contributed by atoms with van der Waals surface area (Å²) in [5.41, 5.74) is 3.73. The van der Waals surface area contributed by atoms with E-state index in [1.54, 1.807) is 12.3 Å². The fourth-order valence-corrected chi connectivity index (χ4v) is 1.45. The molecule has 1 heterocycles. The molecule has 1 rings (SSSR count). The van der Waals surface area contributed by atoms with Gasteiger partial charge in [0.25, 0.3) is 0 Å². The predicted molar refractivity (Wildman–Crippen MR) is 69.7 cm³/mol. The van der Waals surface area contributed by atoms with Gasteiger partial charge in [0.1, 0.15) is 0 Å². The highest BCUT2D eigenvalue weighted by atomic mass is 14.8. The van der Waals surface area contributed by atoms with Gasteiger partial charge in [0.05, 0.1) is 11.4 Å². The second kappa shape index (κ2) is 5.81. The normalized spacial score (nSPS) is 12.4. The molecule has 16 heavy (non-hydrogen) atoms. The number of aliphatic imine (C=N–C) groups is 1. The van der Waals surface area contributed by atoms with Crippen LogP contribution in [0.5, 0.6) is 0 Å². The van der Waals surface area contributed by atoms with E-state index in [4.69, 9.17) is 0 Å². The van der Waals surface area contributed by atoms with Crippen LogP contribution in [0.2, 0.25) is 0 Å². The Bertz CT molecular complexity index is 454. The van der Waals surface area contributed by atoms with Crippen molar-refractivity contribution in [2.24, 2.45) is 4.99 Å². The average molecular weight is 212 g/mol. The summed E-state index contributed by atoms with van der Waals surface area (Å²) in [6, 6.07) is 3.92. The third-order valence-corrected chi connectivity index (χ3v) is 2.26. The Morgan fingerprint density at radius 1 is 1.44 bits per heavy atom. The highest BCUT2D eigenvalue weighted by molar-refractivity contribution is 6.14. The lowest BCUT2D eigenvalue weighted by Crippen LogP contribution is -2.07. The summed E-state index contributed by atoms with van der Waals surface area (Å²) >= 11 is 0. The second-order valence-corrected chi connectivity index (χ2v) is 3.28. The van der Waals surface area contributed by atoms with Gasteiger partial charge in [0.2, 0.25) is 0 Å². The molecule has 0 unspecified atom stereocenters. The molecule has 0 radical (unpaired) electrons. The maximum absolute atomic E-state index is 4.35. The van der Waals surface area contributed by atoms with E-state index in [0.717, 1.165) is 22.5 Å². The van der Waals surface area contributed by atoms with Crippen LogP contribution in [0, 0.1) is 6.92 Å². The summed E-state index contributed by atoms with van der Waals surface area (Å²) in [5.74, 6) is 0. The van der Waals surface area contributed by atoms with Crippen LogP contribution in [0.25, 0.3) is 0 Å². The molecule has 1 aromatic heterocycles. The molecule has 0 spiro atoms. The summed E-state index contributed by atoms with van der Waals surface area (Å²) < 4.78 is 0. The number of rotatable bonds is 4. The maximum atomic E-state index is 4.35. The van der Waals surface area contributed by atoms with Gasteiger partial charge in [-0.15, -0.1) is 0 Å². The Morgan fingerprint density at radius 2 is 2.19 bits per heavy atom. The van der Waals surface area contributed by atoms with E-state index in [0.29, 0.717) is 0 Å². The van der Waals surface area contributed by atoms with Gasteiger partial charge in [-0.3, -0.25) is 9.98 Å². The molecule has 2 heteroatoms. The van der Waals surface area contributed by atoms with Gasteiger partial charge in [-0.2, -0.15) is 0 Å². The first-order chi connectivity index (χ1) is 7.74. The Labute approximate surface area is 96.8 Å². The first kappa shape index (κ1) is 12.1. The molecule has 0 saturated heterocycles. The SMILES string of the molecule is C=CN=C(/C(C=C)=C\C)c1ncccc1C. The number of aromatic nitrogens is 1. The third kappa shape index (κ3) is 2.54. The summed E-state index contributed by atoms with van der Waals surface area (Å²) in [7, 11) is 0. The van der Waals surface area contributed by atoms with E-state index in [9.17, 15) is 0 Å². The highest BCUT2D eigenvalue weighted by Crippen LogP contribution is 2.12. The van der Waals surface area contributed by atoms with Crippen molar-refractivity contribution in [3.63, 3.8) is 0 Å². The van der Waals surface area contributed by atoms with Gasteiger partial charge < -0.3 is 0 Å². The number of allylic oxidation sites excluding steroid dienone is 3. The first-order valence-electron chi connectivity index (χ1n) is 5.14. The van der Waals surface area contributed by atoms with Crippen molar-refractivity contribution in [2.45, 2.75) is 13.8 Å². The third-order valence-electron chi connectivity index (χ3n) is 2.26. The minimum Gasteiger partial charge on any atom is -0.255 e. The zero-order valence-electron chi connectivity index (χ0n) is 9.77. The van der Waals surface area contributed by atoms with Gasteiger partial charge in [-0.05, 0) is 31.1 Å². The number of hydrogen-bond donors (Lipinski definition) is 0. The maximum Gasteiger partial charge on any atom is 0.0957 e. The molecule has 0 N–H and O–H groups in total. The van der Waals surface area contributed by atoms with Crippen molar-refractivity contribution < 1.29 is 0 Å².